The highest BCUT2D eigenvalue weighted by atomic mass is 15.1. The normalized spacial score (nSPS) is 11.8. The van der Waals surface area contributed by atoms with Crippen LogP contribution >= 0.6 is 0 Å². The number of rotatable bonds is 4. The molecular formula is C46H29N. The number of hydrogen-bond acceptors (Lipinski definition) is 1. The van der Waals surface area contributed by atoms with Gasteiger partial charge in [-0.3, -0.25) is 0 Å². The molecule has 0 atom stereocenters. The molecule has 0 saturated carbocycles. The van der Waals surface area contributed by atoms with Crippen LogP contribution in [-0.4, -0.2) is 0 Å². The molecule has 0 unspecified atom stereocenters. The minimum Gasteiger partial charge on any atom is -0.310 e. The quantitative estimate of drug-likeness (QED) is 0.196. The highest BCUT2D eigenvalue weighted by molar-refractivity contribution is 6.15. The molecule has 0 saturated heterocycles. The summed E-state index contributed by atoms with van der Waals surface area (Å²) in [4.78, 5) is 2.40. The molecule has 2 aliphatic rings. The topological polar surface area (TPSA) is 3.24 Å². The van der Waals surface area contributed by atoms with Gasteiger partial charge in [0, 0.05) is 17.1 Å². The van der Waals surface area contributed by atoms with Gasteiger partial charge in [-0.2, -0.15) is 0 Å². The maximum Gasteiger partial charge on any atom is 0.0468 e. The lowest BCUT2D eigenvalue weighted by molar-refractivity contribution is 1.28. The van der Waals surface area contributed by atoms with Crippen molar-refractivity contribution in [1.29, 1.82) is 0 Å². The first-order valence-corrected chi connectivity index (χ1v) is 16.3. The summed E-state index contributed by atoms with van der Waals surface area (Å²) in [5.74, 6) is 0. The van der Waals surface area contributed by atoms with E-state index in [9.17, 15) is 0 Å². The second-order valence-electron chi connectivity index (χ2n) is 12.5. The van der Waals surface area contributed by atoms with Gasteiger partial charge in [0.2, 0.25) is 0 Å². The van der Waals surface area contributed by atoms with Crippen molar-refractivity contribution in [3.63, 3.8) is 0 Å². The van der Waals surface area contributed by atoms with Crippen molar-refractivity contribution in [3.8, 4) is 66.8 Å². The van der Waals surface area contributed by atoms with E-state index in [1.807, 2.05) is 0 Å². The summed E-state index contributed by atoms with van der Waals surface area (Å²) in [6.45, 7) is 0. The lowest BCUT2D eigenvalue weighted by Crippen LogP contribution is -2.10. The molecule has 8 aromatic carbocycles. The van der Waals surface area contributed by atoms with E-state index >= 15 is 0 Å². The summed E-state index contributed by atoms with van der Waals surface area (Å²) in [7, 11) is 0. The van der Waals surface area contributed by atoms with E-state index in [0.29, 0.717) is 0 Å². The SMILES string of the molecule is c1ccc(N(c2cccc(-c3ccc4ccccc4c3)c2)c2ccc3c(c2)-c2c4cccc2-c2cccc-3c2-c2ccccc2-4)cc1. The van der Waals surface area contributed by atoms with Gasteiger partial charge in [0.05, 0.1) is 0 Å². The van der Waals surface area contributed by atoms with Crippen molar-refractivity contribution in [3.05, 3.63) is 176 Å². The molecule has 0 aliphatic heterocycles. The van der Waals surface area contributed by atoms with E-state index in [0.717, 1.165) is 17.1 Å². The molecule has 1 nitrogen and oxygen atoms in total. The fourth-order valence-electron chi connectivity index (χ4n) is 7.85. The van der Waals surface area contributed by atoms with E-state index in [-0.39, 0.29) is 0 Å². The maximum atomic E-state index is 2.42. The number of anilines is 3. The monoisotopic (exact) mass is 595 g/mol. The van der Waals surface area contributed by atoms with Crippen LogP contribution in [0.1, 0.15) is 0 Å². The summed E-state index contributed by atoms with van der Waals surface area (Å²) in [6, 6.07) is 64.6. The molecular weight excluding hydrogens is 567 g/mol. The summed E-state index contributed by atoms with van der Waals surface area (Å²) < 4.78 is 0. The van der Waals surface area contributed by atoms with Gasteiger partial charge in [-0.25, -0.2) is 0 Å². The molecule has 6 bridgehead atoms. The predicted molar refractivity (Wildman–Crippen MR) is 198 cm³/mol. The zero-order valence-corrected chi connectivity index (χ0v) is 25.7. The minimum atomic E-state index is 1.13. The zero-order valence-electron chi connectivity index (χ0n) is 25.7. The second-order valence-corrected chi connectivity index (χ2v) is 12.5. The van der Waals surface area contributed by atoms with E-state index in [2.05, 4.69) is 181 Å². The molecule has 0 heterocycles. The molecule has 0 radical (unpaired) electrons. The van der Waals surface area contributed by atoms with Gasteiger partial charge in [0.1, 0.15) is 0 Å². The van der Waals surface area contributed by atoms with Crippen LogP contribution in [0.2, 0.25) is 0 Å². The Balaban J connectivity index is 1.20. The minimum absolute atomic E-state index is 1.13. The van der Waals surface area contributed by atoms with Crippen LogP contribution in [0.4, 0.5) is 17.1 Å². The van der Waals surface area contributed by atoms with E-state index in [1.165, 1.54) is 77.5 Å². The number of hydrogen-bond donors (Lipinski definition) is 0. The number of fused-ring (bicyclic) bond motifs is 5. The predicted octanol–water partition coefficient (Wildman–Crippen LogP) is 12.9. The average molecular weight is 596 g/mol. The highest BCUT2D eigenvalue weighted by Crippen LogP contribution is 2.57. The molecule has 2 aliphatic carbocycles. The average Bonchev–Trinajstić information content (AvgIpc) is 3.25. The molecule has 0 N–H and O–H groups in total. The summed E-state index contributed by atoms with van der Waals surface area (Å²) in [6.07, 6.45) is 0. The van der Waals surface area contributed by atoms with Crippen LogP contribution in [0.25, 0.3) is 77.5 Å². The van der Waals surface area contributed by atoms with Crippen molar-refractivity contribution in [2.75, 3.05) is 4.90 Å². The molecule has 47 heavy (non-hydrogen) atoms. The van der Waals surface area contributed by atoms with Gasteiger partial charge in [-0.1, -0.05) is 133 Å². The fraction of sp³-hybridized carbons (Fsp3) is 0. The maximum absolute atomic E-state index is 2.42. The first-order chi connectivity index (χ1) is 23.3. The number of para-hydroxylation sites is 1. The van der Waals surface area contributed by atoms with Crippen LogP contribution in [0, 0.1) is 0 Å². The van der Waals surface area contributed by atoms with Gasteiger partial charge >= 0.3 is 0 Å². The van der Waals surface area contributed by atoms with Crippen molar-refractivity contribution in [2.45, 2.75) is 0 Å². The van der Waals surface area contributed by atoms with Crippen molar-refractivity contribution in [1.82, 2.24) is 0 Å². The Hall–Kier alpha value is -6.18. The van der Waals surface area contributed by atoms with Gasteiger partial charge in [-0.15, -0.1) is 0 Å². The fourth-order valence-corrected chi connectivity index (χ4v) is 7.85. The van der Waals surface area contributed by atoms with Gasteiger partial charge in [-0.05, 0) is 120 Å². The van der Waals surface area contributed by atoms with Crippen molar-refractivity contribution >= 4 is 27.8 Å². The molecule has 1 heteroatoms. The zero-order chi connectivity index (χ0) is 30.9. The van der Waals surface area contributed by atoms with Gasteiger partial charge in [0.25, 0.3) is 0 Å². The Labute approximate surface area is 274 Å². The Kier molecular flexibility index (Phi) is 5.64. The third-order valence-electron chi connectivity index (χ3n) is 9.93. The van der Waals surface area contributed by atoms with Crippen LogP contribution < -0.4 is 4.90 Å². The lowest BCUT2D eigenvalue weighted by atomic mass is 9.83. The van der Waals surface area contributed by atoms with Crippen LogP contribution in [0.5, 0.6) is 0 Å². The molecule has 218 valence electrons. The van der Waals surface area contributed by atoms with Crippen LogP contribution in [0.3, 0.4) is 0 Å². The van der Waals surface area contributed by atoms with Crippen LogP contribution in [-0.2, 0) is 0 Å². The van der Waals surface area contributed by atoms with E-state index < -0.39 is 0 Å². The first kappa shape index (κ1) is 26.1. The summed E-state index contributed by atoms with van der Waals surface area (Å²) in [5.41, 5.74) is 18.8. The highest BCUT2D eigenvalue weighted by Gasteiger charge is 2.31. The second kappa shape index (κ2) is 10.2. The standard InChI is InChI=1S/C46H29N/c1-2-14-34(15-3-1)47(35-16-8-13-32(28-35)33-24-23-30-11-4-5-12-31(30)27-33)36-25-26-38-41-20-10-21-42-43-22-9-19-40(46(43)44(38)29-36)37-17-6-7-18-39(37)45(41)42/h1-29H. The van der Waals surface area contributed by atoms with Gasteiger partial charge in [0.15, 0.2) is 0 Å². The third-order valence-corrected chi connectivity index (χ3v) is 9.93. The lowest BCUT2D eigenvalue weighted by Gasteiger charge is -2.28. The van der Waals surface area contributed by atoms with Gasteiger partial charge < -0.3 is 4.90 Å². The van der Waals surface area contributed by atoms with Crippen molar-refractivity contribution < 1.29 is 0 Å². The molecule has 0 fully saturated rings. The van der Waals surface area contributed by atoms with Crippen molar-refractivity contribution in [2.24, 2.45) is 0 Å². The third kappa shape index (κ3) is 3.97. The summed E-state index contributed by atoms with van der Waals surface area (Å²) in [5, 5.41) is 2.51. The molecule has 10 rings (SSSR count). The molecule has 0 aromatic heterocycles. The summed E-state index contributed by atoms with van der Waals surface area (Å²) >= 11 is 0. The van der Waals surface area contributed by atoms with E-state index in [1.54, 1.807) is 0 Å². The van der Waals surface area contributed by atoms with Crippen LogP contribution in [0.15, 0.2) is 176 Å². The largest absolute Gasteiger partial charge is 0.310 e. The smallest absolute Gasteiger partial charge is 0.0468 e. The first-order valence-electron chi connectivity index (χ1n) is 16.3. The molecule has 0 amide bonds. The number of benzene rings is 8. The Morgan fingerprint density at radius 1 is 0.255 bits per heavy atom. The van der Waals surface area contributed by atoms with E-state index in [4.69, 9.17) is 0 Å². The Bertz CT molecular complexity index is 2500. The molecule has 0 spiro atoms. The Morgan fingerprint density at radius 3 is 1.57 bits per heavy atom. The Morgan fingerprint density at radius 2 is 0.787 bits per heavy atom. The molecule has 8 aromatic rings. The number of nitrogens with zero attached hydrogens (tertiary/aromatic N) is 1.